The van der Waals surface area contributed by atoms with Gasteiger partial charge in [0.15, 0.2) is 11.5 Å². The fourth-order valence-corrected chi connectivity index (χ4v) is 7.30. The number of methoxy groups -OCH3 is 2. The summed E-state index contributed by atoms with van der Waals surface area (Å²) in [6.45, 7) is 2.51. The molecule has 6 rings (SSSR count). The number of rotatable bonds is 4. The van der Waals surface area contributed by atoms with E-state index in [1.54, 1.807) is 14.2 Å². The highest BCUT2D eigenvalue weighted by Crippen LogP contribution is 2.37. The van der Waals surface area contributed by atoms with Crippen LogP contribution in [0.4, 0.5) is 0 Å². The summed E-state index contributed by atoms with van der Waals surface area (Å²) in [6, 6.07) is 11.6. The van der Waals surface area contributed by atoms with Crippen molar-refractivity contribution in [3.63, 3.8) is 0 Å². The molecule has 44 heavy (non-hydrogen) atoms. The molecule has 0 radical (unpaired) electrons. The van der Waals surface area contributed by atoms with Crippen molar-refractivity contribution in [2.24, 2.45) is 11.8 Å². The third kappa shape index (κ3) is 6.51. The number of carbonyl (C=O) groups excluding carboxylic acids is 3. The van der Waals surface area contributed by atoms with E-state index in [2.05, 4.69) is 26.5 Å². The van der Waals surface area contributed by atoms with Crippen LogP contribution in [0.1, 0.15) is 49.7 Å². The molecule has 3 aliphatic rings. The summed E-state index contributed by atoms with van der Waals surface area (Å²) in [4.78, 5) is 45.5. The molecular formula is C33H42N6O5. The average Bonchev–Trinajstić information content (AvgIpc) is 3.44. The summed E-state index contributed by atoms with van der Waals surface area (Å²) in [5.41, 5.74) is 3.59. The lowest BCUT2D eigenvalue weighted by Gasteiger charge is -2.51. The second-order valence-corrected chi connectivity index (χ2v) is 12.3. The maximum Gasteiger partial charge on any atom is 0.246 e. The lowest BCUT2D eigenvalue weighted by molar-refractivity contribution is -0.146. The van der Waals surface area contributed by atoms with Crippen LogP contribution < -0.4 is 14.8 Å². The van der Waals surface area contributed by atoms with E-state index in [1.807, 2.05) is 35.2 Å². The van der Waals surface area contributed by atoms with Gasteiger partial charge in [0.2, 0.25) is 17.7 Å². The zero-order valence-electron chi connectivity index (χ0n) is 25.7. The van der Waals surface area contributed by atoms with Crippen molar-refractivity contribution in [3.05, 3.63) is 47.5 Å². The van der Waals surface area contributed by atoms with Crippen LogP contribution in [0.25, 0.3) is 11.0 Å². The first-order chi connectivity index (χ1) is 21.4. The van der Waals surface area contributed by atoms with Crippen molar-refractivity contribution in [3.8, 4) is 11.5 Å². The van der Waals surface area contributed by atoms with E-state index in [1.165, 1.54) is 4.80 Å². The lowest BCUT2D eigenvalue weighted by Crippen LogP contribution is -2.60. The number of hydrogen-bond donors (Lipinski definition) is 1. The molecule has 11 heteroatoms. The number of amides is 3. The van der Waals surface area contributed by atoms with E-state index in [4.69, 9.17) is 9.47 Å². The topological polar surface area (TPSA) is 119 Å². The predicted molar refractivity (Wildman–Crippen MR) is 164 cm³/mol. The molecule has 1 aromatic heterocycles. The standard InChI is InChI=1S/C33H42N6O5/c1-43-29-17-22-12-13-31(41)38-19-23-16-25(20-37(18-23)32(42)21-39-35-26-8-3-4-9-27(26)36-39)28(38)10-5-11-30(40)34-14-6-7-24(15-22)33(29)44-2/h3-4,8-9,15,17,23,25,28H,5-7,10-14,16,18-21H2,1-2H3,(H,34,40)/t23-,25-,28-/m0/s1. The predicted octanol–water partition coefficient (Wildman–Crippen LogP) is 2.99. The number of aromatic nitrogens is 3. The van der Waals surface area contributed by atoms with Crippen molar-refractivity contribution >= 4 is 28.8 Å². The molecule has 0 unspecified atom stereocenters. The van der Waals surface area contributed by atoms with Crippen LogP contribution in [-0.2, 0) is 33.8 Å². The molecule has 4 heterocycles. The Morgan fingerprint density at radius 1 is 0.955 bits per heavy atom. The average molecular weight is 603 g/mol. The second kappa shape index (κ2) is 13.2. The third-order valence-electron chi connectivity index (χ3n) is 9.34. The number of benzene rings is 2. The van der Waals surface area contributed by atoms with Gasteiger partial charge in [0.1, 0.15) is 17.6 Å². The van der Waals surface area contributed by atoms with Crippen LogP contribution in [0.3, 0.4) is 0 Å². The molecule has 3 aliphatic heterocycles. The minimum atomic E-state index is -0.0126. The second-order valence-electron chi connectivity index (χ2n) is 12.3. The molecule has 0 saturated carbocycles. The van der Waals surface area contributed by atoms with Crippen LogP contribution >= 0.6 is 0 Å². The number of fused-ring (bicyclic) bond motifs is 7. The maximum absolute atomic E-state index is 13.8. The molecule has 0 spiro atoms. The number of piperidine rings is 2. The smallest absolute Gasteiger partial charge is 0.246 e. The molecule has 2 saturated heterocycles. The van der Waals surface area contributed by atoms with Gasteiger partial charge >= 0.3 is 0 Å². The first-order valence-electron chi connectivity index (χ1n) is 15.8. The van der Waals surface area contributed by atoms with Gasteiger partial charge in [-0.1, -0.05) is 18.2 Å². The fraction of sp³-hybridized carbons (Fsp3) is 0.545. The molecule has 3 aromatic rings. The summed E-state index contributed by atoms with van der Waals surface area (Å²) in [6.07, 6.45) is 5.36. The summed E-state index contributed by atoms with van der Waals surface area (Å²) < 4.78 is 11.3. The van der Waals surface area contributed by atoms with Gasteiger partial charge in [-0.15, -0.1) is 0 Å². The molecule has 3 amide bonds. The molecule has 4 bridgehead atoms. The molecule has 11 nitrogen and oxygen atoms in total. The van der Waals surface area contributed by atoms with Gasteiger partial charge < -0.3 is 24.6 Å². The Hall–Kier alpha value is -4.15. The molecule has 234 valence electrons. The zero-order valence-corrected chi connectivity index (χ0v) is 25.7. The Labute approximate surface area is 257 Å². The number of hydrogen-bond acceptors (Lipinski definition) is 7. The number of likely N-dealkylation sites (tertiary alicyclic amines) is 1. The van der Waals surface area contributed by atoms with Gasteiger partial charge in [-0.25, -0.2) is 0 Å². The normalized spacial score (nSPS) is 23.2. The highest BCUT2D eigenvalue weighted by molar-refractivity contribution is 5.79. The highest BCUT2D eigenvalue weighted by atomic mass is 16.5. The Bertz CT molecular complexity index is 1490. The third-order valence-corrected chi connectivity index (χ3v) is 9.34. The van der Waals surface area contributed by atoms with Crippen LogP contribution in [0.2, 0.25) is 0 Å². The van der Waals surface area contributed by atoms with E-state index < -0.39 is 0 Å². The molecule has 3 atom stereocenters. The fourth-order valence-electron chi connectivity index (χ4n) is 7.30. The zero-order chi connectivity index (χ0) is 30.6. The summed E-state index contributed by atoms with van der Waals surface area (Å²) in [5.74, 6) is 1.89. The van der Waals surface area contributed by atoms with Crippen molar-refractivity contribution < 1.29 is 23.9 Å². The molecule has 2 fully saturated rings. The number of carbonyl (C=O) groups is 3. The van der Waals surface area contributed by atoms with Crippen molar-refractivity contribution in [1.82, 2.24) is 30.1 Å². The van der Waals surface area contributed by atoms with Gasteiger partial charge in [0.05, 0.1) is 14.2 Å². The van der Waals surface area contributed by atoms with Crippen LogP contribution in [0.5, 0.6) is 11.5 Å². The van der Waals surface area contributed by atoms with Gasteiger partial charge in [0, 0.05) is 45.1 Å². The summed E-state index contributed by atoms with van der Waals surface area (Å²) in [7, 11) is 3.26. The number of nitrogens with one attached hydrogen (secondary N) is 1. The minimum Gasteiger partial charge on any atom is -0.493 e. The number of aryl methyl sites for hydroxylation is 2. The lowest BCUT2D eigenvalue weighted by atomic mass is 9.77. The van der Waals surface area contributed by atoms with Gasteiger partial charge in [0.25, 0.3) is 0 Å². The molecule has 1 N–H and O–H groups in total. The van der Waals surface area contributed by atoms with E-state index in [0.717, 1.165) is 47.8 Å². The van der Waals surface area contributed by atoms with Crippen molar-refractivity contribution in [2.45, 2.75) is 64.0 Å². The van der Waals surface area contributed by atoms with E-state index in [0.29, 0.717) is 63.4 Å². The van der Waals surface area contributed by atoms with E-state index in [9.17, 15) is 14.4 Å². The Morgan fingerprint density at radius 2 is 1.75 bits per heavy atom. The van der Waals surface area contributed by atoms with Gasteiger partial charge in [-0.05, 0) is 79.7 Å². The Balaban J connectivity index is 1.19. The Kier molecular flexibility index (Phi) is 8.99. The molecule has 0 aliphatic carbocycles. The van der Waals surface area contributed by atoms with Crippen LogP contribution in [0.15, 0.2) is 36.4 Å². The van der Waals surface area contributed by atoms with E-state index >= 15 is 0 Å². The maximum atomic E-state index is 13.8. The number of nitrogens with zero attached hydrogens (tertiary/aromatic N) is 5. The number of ether oxygens (including phenoxy) is 2. The van der Waals surface area contributed by atoms with Crippen LogP contribution in [-0.4, -0.2) is 89.0 Å². The summed E-state index contributed by atoms with van der Waals surface area (Å²) >= 11 is 0. The first kappa shape index (κ1) is 29.9. The van der Waals surface area contributed by atoms with Gasteiger partial charge in [-0.2, -0.15) is 15.0 Å². The largest absolute Gasteiger partial charge is 0.493 e. The molecule has 2 aromatic carbocycles. The van der Waals surface area contributed by atoms with Crippen LogP contribution in [0, 0.1) is 11.8 Å². The van der Waals surface area contributed by atoms with E-state index in [-0.39, 0.29) is 42.1 Å². The minimum absolute atomic E-state index is 0.00313. The van der Waals surface area contributed by atoms with Crippen molar-refractivity contribution in [2.75, 3.05) is 40.4 Å². The SMILES string of the molecule is COc1cc2cc(c1OC)CCCNC(=O)CCC[C@H]1[C@H]3C[C@@H](CN(C(=O)Cn4nc5ccccc5n4)C3)CN1C(=O)CC2. The highest BCUT2D eigenvalue weighted by Gasteiger charge is 2.43. The Morgan fingerprint density at radius 3 is 2.50 bits per heavy atom. The monoisotopic (exact) mass is 602 g/mol. The quantitative estimate of drug-likeness (QED) is 0.488. The first-order valence-corrected chi connectivity index (χ1v) is 15.8. The van der Waals surface area contributed by atoms with Crippen molar-refractivity contribution in [1.29, 1.82) is 0 Å². The summed E-state index contributed by atoms with van der Waals surface area (Å²) in [5, 5.41) is 12.0. The van der Waals surface area contributed by atoms with Gasteiger partial charge in [-0.3, -0.25) is 14.4 Å². The molecular weight excluding hydrogens is 560 g/mol.